The Morgan fingerprint density at radius 2 is 1.87 bits per heavy atom. The van der Waals surface area contributed by atoms with Gasteiger partial charge in [-0.2, -0.15) is 0 Å². The Kier molecular flexibility index (Phi) is 2.56. The molecular formula is C11H11BrO3. The number of carbonyl (C=O) groups is 1. The van der Waals surface area contributed by atoms with Gasteiger partial charge in [0.25, 0.3) is 0 Å². The number of aliphatic hydroxyl groups excluding tert-OH is 1. The smallest absolute Gasteiger partial charge is 0.314 e. The fourth-order valence-electron chi connectivity index (χ4n) is 2.05. The van der Waals surface area contributed by atoms with E-state index in [4.69, 9.17) is 0 Å². The summed E-state index contributed by atoms with van der Waals surface area (Å²) in [6.07, 6.45) is 0.137. The van der Waals surface area contributed by atoms with Crippen LogP contribution in [0.1, 0.15) is 18.4 Å². The fourth-order valence-corrected chi connectivity index (χ4v) is 2.31. The lowest BCUT2D eigenvalue weighted by Crippen LogP contribution is -2.50. The van der Waals surface area contributed by atoms with Gasteiger partial charge in [0.15, 0.2) is 0 Å². The highest BCUT2D eigenvalue weighted by molar-refractivity contribution is 9.10. The van der Waals surface area contributed by atoms with E-state index in [9.17, 15) is 15.0 Å². The summed E-state index contributed by atoms with van der Waals surface area (Å²) >= 11 is 3.30. The van der Waals surface area contributed by atoms with E-state index in [-0.39, 0.29) is 0 Å². The summed E-state index contributed by atoms with van der Waals surface area (Å²) in [6.45, 7) is 0. The average molecular weight is 271 g/mol. The molecular weight excluding hydrogens is 260 g/mol. The SMILES string of the molecule is O=C(O)C1(c2ccc(Br)cc2)CC(O)C1. The van der Waals surface area contributed by atoms with Crippen LogP contribution in [0.25, 0.3) is 0 Å². The molecule has 1 saturated carbocycles. The maximum Gasteiger partial charge on any atom is 0.314 e. The van der Waals surface area contributed by atoms with E-state index >= 15 is 0 Å². The van der Waals surface area contributed by atoms with Crippen LogP contribution in [-0.2, 0) is 10.2 Å². The molecule has 0 aromatic heterocycles. The molecule has 0 aliphatic heterocycles. The highest BCUT2D eigenvalue weighted by atomic mass is 79.9. The van der Waals surface area contributed by atoms with Gasteiger partial charge in [-0.25, -0.2) is 0 Å². The number of benzene rings is 1. The van der Waals surface area contributed by atoms with Crippen LogP contribution >= 0.6 is 15.9 Å². The third kappa shape index (κ3) is 1.68. The number of halogens is 1. The molecule has 0 heterocycles. The van der Waals surface area contributed by atoms with E-state index in [1.165, 1.54) is 0 Å². The van der Waals surface area contributed by atoms with Crippen LogP contribution in [0.3, 0.4) is 0 Å². The third-order valence-electron chi connectivity index (χ3n) is 2.97. The molecule has 1 aromatic carbocycles. The number of aliphatic hydroxyl groups is 1. The van der Waals surface area contributed by atoms with E-state index in [2.05, 4.69) is 15.9 Å². The van der Waals surface area contributed by atoms with E-state index in [1.807, 2.05) is 12.1 Å². The molecule has 0 radical (unpaired) electrons. The van der Waals surface area contributed by atoms with E-state index < -0.39 is 17.5 Å². The minimum Gasteiger partial charge on any atom is -0.481 e. The predicted molar refractivity (Wildman–Crippen MR) is 58.7 cm³/mol. The summed E-state index contributed by atoms with van der Waals surface area (Å²) in [5.74, 6) is -0.852. The molecule has 1 aliphatic carbocycles. The Labute approximate surface area is 95.9 Å². The predicted octanol–water partition coefficient (Wildman–Crippen LogP) is 1.93. The van der Waals surface area contributed by atoms with Crippen molar-refractivity contribution in [1.29, 1.82) is 0 Å². The Hall–Kier alpha value is -0.870. The van der Waals surface area contributed by atoms with Gasteiger partial charge < -0.3 is 10.2 Å². The molecule has 3 nitrogen and oxygen atoms in total. The molecule has 15 heavy (non-hydrogen) atoms. The van der Waals surface area contributed by atoms with Crippen LogP contribution in [0.15, 0.2) is 28.7 Å². The molecule has 2 N–H and O–H groups in total. The van der Waals surface area contributed by atoms with E-state index in [0.717, 1.165) is 10.0 Å². The van der Waals surface area contributed by atoms with E-state index in [1.54, 1.807) is 12.1 Å². The Balaban J connectivity index is 2.34. The number of rotatable bonds is 2. The zero-order chi connectivity index (χ0) is 11.1. The largest absolute Gasteiger partial charge is 0.481 e. The maximum absolute atomic E-state index is 11.2. The molecule has 0 saturated heterocycles. The molecule has 0 amide bonds. The summed E-state index contributed by atoms with van der Waals surface area (Å²) < 4.78 is 0.923. The van der Waals surface area contributed by atoms with Crippen molar-refractivity contribution in [1.82, 2.24) is 0 Å². The van der Waals surface area contributed by atoms with Crippen molar-refractivity contribution in [2.75, 3.05) is 0 Å². The Morgan fingerprint density at radius 3 is 2.27 bits per heavy atom. The molecule has 1 aromatic rings. The van der Waals surface area contributed by atoms with Gasteiger partial charge >= 0.3 is 5.97 Å². The van der Waals surface area contributed by atoms with Gasteiger partial charge in [0.1, 0.15) is 0 Å². The van der Waals surface area contributed by atoms with Gasteiger partial charge in [0.05, 0.1) is 11.5 Å². The molecule has 1 fully saturated rings. The van der Waals surface area contributed by atoms with Crippen LogP contribution in [-0.4, -0.2) is 22.3 Å². The summed E-state index contributed by atoms with van der Waals surface area (Å²) in [6, 6.07) is 7.24. The van der Waals surface area contributed by atoms with E-state index in [0.29, 0.717) is 12.8 Å². The molecule has 0 unspecified atom stereocenters. The third-order valence-corrected chi connectivity index (χ3v) is 3.50. The summed E-state index contributed by atoms with van der Waals surface area (Å²) in [4.78, 5) is 11.2. The van der Waals surface area contributed by atoms with Crippen molar-refractivity contribution in [2.45, 2.75) is 24.4 Å². The lowest BCUT2D eigenvalue weighted by molar-refractivity contribution is -0.152. The normalized spacial score (nSPS) is 29.6. The highest BCUT2D eigenvalue weighted by Crippen LogP contribution is 2.44. The number of hydrogen-bond donors (Lipinski definition) is 2. The minimum absolute atomic E-state index is 0.309. The van der Waals surface area contributed by atoms with Crippen LogP contribution < -0.4 is 0 Å². The van der Waals surface area contributed by atoms with Crippen molar-refractivity contribution in [3.05, 3.63) is 34.3 Å². The lowest BCUT2D eigenvalue weighted by atomic mass is 9.63. The van der Waals surface area contributed by atoms with Crippen LogP contribution in [0.5, 0.6) is 0 Å². The van der Waals surface area contributed by atoms with Crippen LogP contribution in [0.2, 0.25) is 0 Å². The highest BCUT2D eigenvalue weighted by Gasteiger charge is 2.51. The zero-order valence-corrected chi connectivity index (χ0v) is 9.57. The molecule has 4 heteroatoms. The lowest BCUT2D eigenvalue weighted by Gasteiger charge is -2.42. The topological polar surface area (TPSA) is 57.5 Å². The van der Waals surface area contributed by atoms with Crippen molar-refractivity contribution in [3.63, 3.8) is 0 Å². The van der Waals surface area contributed by atoms with Crippen LogP contribution in [0.4, 0.5) is 0 Å². The first-order valence-corrected chi connectivity index (χ1v) is 5.51. The Bertz CT molecular complexity index is 379. The quantitative estimate of drug-likeness (QED) is 0.864. The number of hydrogen-bond acceptors (Lipinski definition) is 2. The van der Waals surface area contributed by atoms with Crippen molar-refractivity contribution in [3.8, 4) is 0 Å². The average Bonchev–Trinajstić information content (AvgIpc) is 2.13. The second-order valence-electron chi connectivity index (χ2n) is 3.96. The Morgan fingerprint density at radius 1 is 1.33 bits per heavy atom. The van der Waals surface area contributed by atoms with Crippen molar-refractivity contribution in [2.24, 2.45) is 0 Å². The second kappa shape index (κ2) is 3.61. The van der Waals surface area contributed by atoms with Crippen LogP contribution in [0, 0.1) is 0 Å². The first-order chi connectivity index (χ1) is 7.04. The van der Waals surface area contributed by atoms with Gasteiger partial charge in [0.2, 0.25) is 0 Å². The first kappa shape index (κ1) is 10.6. The zero-order valence-electron chi connectivity index (χ0n) is 7.98. The molecule has 2 rings (SSSR count). The van der Waals surface area contributed by atoms with Crippen molar-refractivity contribution < 1.29 is 15.0 Å². The summed E-state index contributed by atoms with van der Waals surface area (Å²) in [5.41, 5.74) is -0.108. The minimum atomic E-state index is -0.875. The number of aliphatic carboxylic acids is 1. The standard InChI is InChI=1S/C11H11BrO3/c12-8-3-1-7(2-4-8)11(10(14)15)5-9(13)6-11/h1-4,9,13H,5-6H2,(H,14,15). The summed E-state index contributed by atoms with van der Waals surface area (Å²) in [7, 11) is 0. The summed E-state index contributed by atoms with van der Waals surface area (Å²) in [5, 5.41) is 18.5. The molecule has 1 aliphatic rings. The fraction of sp³-hybridized carbons (Fsp3) is 0.364. The van der Waals surface area contributed by atoms with Gasteiger partial charge in [-0.1, -0.05) is 28.1 Å². The molecule has 80 valence electrons. The maximum atomic E-state index is 11.2. The second-order valence-corrected chi connectivity index (χ2v) is 4.87. The molecule has 0 bridgehead atoms. The van der Waals surface area contributed by atoms with Gasteiger partial charge in [-0.05, 0) is 30.5 Å². The first-order valence-electron chi connectivity index (χ1n) is 4.72. The number of carboxylic acids is 1. The monoisotopic (exact) mass is 270 g/mol. The molecule has 0 spiro atoms. The molecule has 0 atom stereocenters. The number of carboxylic acid groups (broad SMARTS) is 1. The van der Waals surface area contributed by atoms with Gasteiger partial charge in [-0.3, -0.25) is 4.79 Å². The van der Waals surface area contributed by atoms with Gasteiger partial charge in [0, 0.05) is 4.47 Å². The van der Waals surface area contributed by atoms with Gasteiger partial charge in [-0.15, -0.1) is 0 Å². The van der Waals surface area contributed by atoms with Crippen molar-refractivity contribution >= 4 is 21.9 Å².